The summed E-state index contributed by atoms with van der Waals surface area (Å²) in [4.78, 5) is 23.4. The molecule has 0 aliphatic heterocycles. The van der Waals surface area contributed by atoms with E-state index in [-0.39, 0.29) is 22.9 Å². The Balaban J connectivity index is 2.48. The number of rotatable bonds is 7. The number of carbonyl (C=O) groups is 2. The van der Waals surface area contributed by atoms with Crippen molar-refractivity contribution in [2.75, 3.05) is 11.9 Å². The predicted molar refractivity (Wildman–Crippen MR) is 95.5 cm³/mol. The van der Waals surface area contributed by atoms with E-state index in [0.717, 1.165) is 19.3 Å². The van der Waals surface area contributed by atoms with Gasteiger partial charge in [-0.05, 0) is 42.9 Å². The molecule has 0 radical (unpaired) electrons. The molecule has 0 spiro atoms. The van der Waals surface area contributed by atoms with E-state index in [1.54, 1.807) is 38.1 Å². The maximum Gasteiger partial charge on any atom is 0.338 e. The number of ether oxygens (including phenoxy) is 1. The summed E-state index contributed by atoms with van der Waals surface area (Å²) >= 11 is 5.06. The van der Waals surface area contributed by atoms with E-state index in [0.29, 0.717) is 17.9 Å². The van der Waals surface area contributed by atoms with Crippen molar-refractivity contribution in [1.82, 2.24) is 5.32 Å². The summed E-state index contributed by atoms with van der Waals surface area (Å²) in [5.74, 6) is -0.613. The van der Waals surface area contributed by atoms with Crippen LogP contribution in [0.15, 0.2) is 24.3 Å². The fraction of sp³-hybridized carbons (Fsp3) is 0.471. The van der Waals surface area contributed by atoms with Crippen LogP contribution in [0.3, 0.4) is 0 Å². The molecule has 5 nitrogen and oxygen atoms in total. The number of amides is 1. The zero-order valence-corrected chi connectivity index (χ0v) is 14.7. The highest BCUT2D eigenvalue weighted by molar-refractivity contribution is 7.80. The number of hydrogen-bond acceptors (Lipinski definition) is 4. The molecule has 126 valence electrons. The molecule has 0 aromatic heterocycles. The summed E-state index contributed by atoms with van der Waals surface area (Å²) in [7, 11) is 0. The maximum atomic E-state index is 11.8. The fourth-order valence-electron chi connectivity index (χ4n) is 1.71. The van der Waals surface area contributed by atoms with E-state index in [1.165, 1.54) is 0 Å². The minimum atomic E-state index is -0.330. The van der Waals surface area contributed by atoms with Crippen LogP contribution in [0.4, 0.5) is 5.69 Å². The molecular formula is C17H24N2O3S. The number of esters is 1. The van der Waals surface area contributed by atoms with E-state index in [4.69, 9.17) is 17.0 Å². The van der Waals surface area contributed by atoms with Gasteiger partial charge in [-0.1, -0.05) is 33.6 Å². The van der Waals surface area contributed by atoms with Gasteiger partial charge in [-0.3, -0.25) is 4.79 Å². The first-order chi connectivity index (χ1) is 10.9. The van der Waals surface area contributed by atoms with Crippen molar-refractivity contribution in [2.24, 2.45) is 5.92 Å². The second-order valence-corrected chi connectivity index (χ2v) is 5.93. The van der Waals surface area contributed by atoms with Crippen molar-refractivity contribution < 1.29 is 14.3 Å². The molecule has 0 aliphatic rings. The molecule has 1 aromatic carbocycles. The van der Waals surface area contributed by atoms with Crippen LogP contribution < -0.4 is 10.6 Å². The van der Waals surface area contributed by atoms with Crippen molar-refractivity contribution >= 4 is 34.9 Å². The minimum Gasteiger partial charge on any atom is -0.462 e. The Labute approximate surface area is 142 Å². The summed E-state index contributed by atoms with van der Waals surface area (Å²) in [6.07, 6.45) is 3.02. The van der Waals surface area contributed by atoms with Crippen molar-refractivity contribution in [2.45, 2.75) is 40.0 Å². The first-order valence-electron chi connectivity index (χ1n) is 7.83. The largest absolute Gasteiger partial charge is 0.462 e. The maximum absolute atomic E-state index is 11.8. The third-order valence-electron chi connectivity index (χ3n) is 3.12. The van der Waals surface area contributed by atoms with Crippen LogP contribution in [-0.2, 0) is 9.53 Å². The average molecular weight is 336 g/mol. The van der Waals surface area contributed by atoms with E-state index in [1.807, 2.05) is 0 Å². The molecule has 0 unspecified atom stereocenters. The molecule has 23 heavy (non-hydrogen) atoms. The lowest BCUT2D eigenvalue weighted by Gasteiger charge is -2.11. The summed E-state index contributed by atoms with van der Waals surface area (Å²) in [5.41, 5.74) is 1.19. The first kappa shape index (κ1) is 19.1. The van der Waals surface area contributed by atoms with Crippen LogP contribution in [-0.4, -0.2) is 23.6 Å². The SMILES string of the molecule is CCCCCOC(=O)c1ccc(NC(=S)NC(=O)C(C)C)cc1. The van der Waals surface area contributed by atoms with Gasteiger partial charge in [0.05, 0.1) is 12.2 Å². The van der Waals surface area contributed by atoms with Gasteiger partial charge in [0.15, 0.2) is 5.11 Å². The molecule has 2 N–H and O–H groups in total. The number of benzene rings is 1. The standard InChI is InChI=1S/C17H24N2O3S/c1-4-5-6-11-22-16(21)13-7-9-14(10-8-13)18-17(23)19-15(20)12(2)3/h7-10,12H,4-6,11H2,1-3H3,(H2,18,19,20,23). The molecule has 0 saturated heterocycles. The Bertz CT molecular complexity index is 541. The molecule has 0 heterocycles. The number of hydrogen-bond donors (Lipinski definition) is 2. The number of carbonyl (C=O) groups excluding carboxylic acids is 2. The van der Waals surface area contributed by atoms with E-state index >= 15 is 0 Å². The highest BCUT2D eigenvalue weighted by atomic mass is 32.1. The topological polar surface area (TPSA) is 67.4 Å². The smallest absolute Gasteiger partial charge is 0.338 e. The highest BCUT2D eigenvalue weighted by Gasteiger charge is 2.10. The second kappa shape index (κ2) is 9.94. The molecule has 1 aromatic rings. The van der Waals surface area contributed by atoms with Gasteiger partial charge in [0.2, 0.25) is 5.91 Å². The molecule has 0 bridgehead atoms. The molecule has 0 saturated carbocycles. The zero-order chi connectivity index (χ0) is 17.2. The second-order valence-electron chi connectivity index (χ2n) is 5.52. The fourth-order valence-corrected chi connectivity index (χ4v) is 1.93. The van der Waals surface area contributed by atoms with Crippen LogP contribution in [0.5, 0.6) is 0 Å². The van der Waals surface area contributed by atoms with Gasteiger partial charge in [0.1, 0.15) is 0 Å². The van der Waals surface area contributed by atoms with Crippen LogP contribution in [0.2, 0.25) is 0 Å². The molecule has 6 heteroatoms. The van der Waals surface area contributed by atoms with E-state index in [2.05, 4.69) is 17.6 Å². The van der Waals surface area contributed by atoms with E-state index < -0.39 is 0 Å². The third kappa shape index (κ3) is 7.23. The number of anilines is 1. The lowest BCUT2D eigenvalue weighted by Crippen LogP contribution is -2.36. The molecule has 1 rings (SSSR count). The van der Waals surface area contributed by atoms with Gasteiger partial charge < -0.3 is 15.4 Å². The monoisotopic (exact) mass is 336 g/mol. The summed E-state index contributed by atoms with van der Waals surface area (Å²) < 4.78 is 5.19. The molecule has 0 aliphatic carbocycles. The minimum absolute atomic E-state index is 0.139. The Morgan fingerprint density at radius 3 is 2.39 bits per heavy atom. The Morgan fingerprint density at radius 1 is 1.17 bits per heavy atom. The molecule has 1 amide bonds. The normalized spacial score (nSPS) is 10.3. The van der Waals surface area contributed by atoms with Crippen LogP contribution in [0, 0.1) is 5.92 Å². The molecule has 0 atom stereocenters. The first-order valence-corrected chi connectivity index (χ1v) is 8.24. The van der Waals surface area contributed by atoms with Crippen molar-refractivity contribution in [3.8, 4) is 0 Å². The van der Waals surface area contributed by atoms with Crippen LogP contribution in [0.1, 0.15) is 50.4 Å². The zero-order valence-electron chi connectivity index (χ0n) is 13.8. The van der Waals surface area contributed by atoms with Gasteiger partial charge in [-0.25, -0.2) is 4.79 Å². The number of unbranched alkanes of at least 4 members (excludes halogenated alkanes) is 2. The van der Waals surface area contributed by atoms with Crippen molar-refractivity contribution in [3.63, 3.8) is 0 Å². The average Bonchev–Trinajstić information content (AvgIpc) is 2.51. The Kier molecular flexibility index (Phi) is 8.26. The molecular weight excluding hydrogens is 312 g/mol. The van der Waals surface area contributed by atoms with Gasteiger partial charge >= 0.3 is 5.97 Å². The van der Waals surface area contributed by atoms with Crippen molar-refractivity contribution in [1.29, 1.82) is 0 Å². The Morgan fingerprint density at radius 2 is 1.83 bits per heavy atom. The van der Waals surface area contributed by atoms with Crippen LogP contribution >= 0.6 is 12.2 Å². The third-order valence-corrected chi connectivity index (χ3v) is 3.32. The highest BCUT2D eigenvalue weighted by Crippen LogP contribution is 2.11. The van der Waals surface area contributed by atoms with Gasteiger partial charge in [0, 0.05) is 11.6 Å². The van der Waals surface area contributed by atoms with Crippen molar-refractivity contribution in [3.05, 3.63) is 29.8 Å². The molecule has 0 fully saturated rings. The number of thiocarbonyl (C=S) groups is 1. The van der Waals surface area contributed by atoms with Gasteiger partial charge in [0.25, 0.3) is 0 Å². The Hall–Kier alpha value is -1.95. The lowest BCUT2D eigenvalue weighted by molar-refractivity contribution is -0.122. The van der Waals surface area contributed by atoms with E-state index in [9.17, 15) is 9.59 Å². The van der Waals surface area contributed by atoms with Gasteiger partial charge in [-0.2, -0.15) is 0 Å². The quantitative estimate of drug-likeness (QED) is 0.453. The summed E-state index contributed by atoms with van der Waals surface area (Å²) in [5, 5.41) is 5.73. The predicted octanol–water partition coefficient (Wildman–Crippen LogP) is 3.50. The van der Waals surface area contributed by atoms with Crippen LogP contribution in [0.25, 0.3) is 0 Å². The lowest BCUT2D eigenvalue weighted by atomic mass is 10.2. The summed E-state index contributed by atoms with van der Waals surface area (Å²) in [6.45, 7) is 6.12. The summed E-state index contributed by atoms with van der Waals surface area (Å²) in [6, 6.07) is 6.77. The number of nitrogens with one attached hydrogen (secondary N) is 2. The van der Waals surface area contributed by atoms with Gasteiger partial charge in [-0.15, -0.1) is 0 Å².